The van der Waals surface area contributed by atoms with Crippen LogP contribution in [0.4, 0.5) is 5.69 Å². The number of sulfone groups is 1. The number of para-hydroxylation sites is 1. The molecule has 4 aromatic rings. The summed E-state index contributed by atoms with van der Waals surface area (Å²) in [5, 5.41) is 3.54. The predicted octanol–water partition coefficient (Wildman–Crippen LogP) is 6.77. The van der Waals surface area contributed by atoms with Crippen LogP contribution >= 0.6 is 11.6 Å². The van der Waals surface area contributed by atoms with Crippen LogP contribution in [0.15, 0.2) is 102 Å². The highest BCUT2D eigenvalue weighted by atomic mass is 35.5. The number of amides is 1. The summed E-state index contributed by atoms with van der Waals surface area (Å²) in [6.45, 7) is 1.60. The van der Waals surface area contributed by atoms with Gasteiger partial charge in [-0.1, -0.05) is 61.0 Å². The number of anilines is 1. The van der Waals surface area contributed by atoms with Crippen molar-refractivity contribution in [1.29, 1.82) is 0 Å². The van der Waals surface area contributed by atoms with Gasteiger partial charge in [-0.05, 0) is 59.7 Å². The van der Waals surface area contributed by atoms with Gasteiger partial charge in [0.1, 0.15) is 11.5 Å². The number of carbonyl (C=O) groups is 1. The van der Waals surface area contributed by atoms with Crippen molar-refractivity contribution >= 4 is 33.0 Å². The lowest BCUT2D eigenvalue weighted by molar-refractivity contribution is -0.115. The largest absolute Gasteiger partial charge is 0.457 e. The SMILES string of the molecule is CCS(=O)(=O)c1ccc(CC(=O)Nc2ccc(-c3ccc(Cl)cc3)c(Oc3ccccc3)c2)cc1. The highest BCUT2D eigenvalue weighted by molar-refractivity contribution is 7.91. The second kappa shape index (κ2) is 10.8. The number of hydrogen-bond acceptors (Lipinski definition) is 4. The third kappa shape index (κ3) is 6.29. The molecule has 0 aliphatic carbocycles. The van der Waals surface area contributed by atoms with Gasteiger partial charge in [0, 0.05) is 22.3 Å². The Labute approximate surface area is 210 Å². The highest BCUT2D eigenvalue weighted by Crippen LogP contribution is 2.36. The van der Waals surface area contributed by atoms with E-state index >= 15 is 0 Å². The van der Waals surface area contributed by atoms with Crippen LogP contribution in [-0.4, -0.2) is 20.1 Å². The Hall–Kier alpha value is -3.61. The van der Waals surface area contributed by atoms with Crippen molar-refractivity contribution in [2.24, 2.45) is 0 Å². The van der Waals surface area contributed by atoms with Gasteiger partial charge >= 0.3 is 0 Å². The molecular formula is C28H24ClNO4S. The molecule has 0 bridgehead atoms. The minimum Gasteiger partial charge on any atom is -0.457 e. The summed E-state index contributed by atoms with van der Waals surface area (Å²) in [6.07, 6.45) is 0.111. The molecule has 0 spiro atoms. The van der Waals surface area contributed by atoms with E-state index in [-0.39, 0.29) is 23.0 Å². The number of carbonyl (C=O) groups excluding carboxylic acids is 1. The van der Waals surface area contributed by atoms with E-state index in [2.05, 4.69) is 5.32 Å². The fraction of sp³-hybridized carbons (Fsp3) is 0.107. The summed E-state index contributed by atoms with van der Waals surface area (Å²) < 4.78 is 30.1. The van der Waals surface area contributed by atoms with Crippen molar-refractivity contribution in [3.63, 3.8) is 0 Å². The van der Waals surface area contributed by atoms with Crippen molar-refractivity contribution in [2.45, 2.75) is 18.2 Å². The van der Waals surface area contributed by atoms with E-state index in [1.54, 1.807) is 25.1 Å². The third-order valence-corrected chi connectivity index (χ3v) is 7.42. The lowest BCUT2D eigenvalue weighted by Crippen LogP contribution is -2.14. The van der Waals surface area contributed by atoms with E-state index in [4.69, 9.17) is 16.3 Å². The predicted molar refractivity (Wildman–Crippen MR) is 140 cm³/mol. The van der Waals surface area contributed by atoms with Gasteiger partial charge in [0.15, 0.2) is 9.84 Å². The lowest BCUT2D eigenvalue weighted by Gasteiger charge is -2.14. The molecular weight excluding hydrogens is 482 g/mol. The molecule has 4 aromatic carbocycles. The first kappa shape index (κ1) is 24.5. The molecule has 0 atom stereocenters. The summed E-state index contributed by atoms with van der Waals surface area (Å²) in [7, 11) is -3.27. The van der Waals surface area contributed by atoms with Crippen molar-refractivity contribution in [3.8, 4) is 22.6 Å². The molecule has 0 aliphatic heterocycles. The van der Waals surface area contributed by atoms with Crippen LogP contribution in [-0.2, 0) is 21.1 Å². The fourth-order valence-corrected chi connectivity index (χ4v) is 4.55. The summed E-state index contributed by atoms with van der Waals surface area (Å²) >= 11 is 6.05. The van der Waals surface area contributed by atoms with Crippen LogP contribution in [0, 0.1) is 0 Å². The minimum absolute atomic E-state index is 0.0340. The molecule has 4 rings (SSSR count). The Morgan fingerprint density at radius 1 is 0.886 bits per heavy atom. The van der Waals surface area contributed by atoms with Crippen LogP contribution in [0.25, 0.3) is 11.1 Å². The number of hydrogen-bond donors (Lipinski definition) is 1. The topological polar surface area (TPSA) is 72.5 Å². The zero-order valence-electron chi connectivity index (χ0n) is 19.1. The first-order valence-electron chi connectivity index (χ1n) is 11.1. The van der Waals surface area contributed by atoms with E-state index in [1.807, 2.05) is 66.7 Å². The summed E-state index contributed by atoms with van der Waals surface area (Å²) in [5.41, 5.74) is 3.09. The Bertz CT molecular complexity index is 1420. The summed E-state index contributed by atoms with van der Waals surface area (Å²) in [5.74, 6) is 1.08. The third-order valence-electron chi connectivity index (χ3n) is 5.42. The number of nitrogens with one attached hydrogen (secondary N) is 1. The van der Waals surface area contributed by atoms with Crippen molar-refractivity contribution in [3.05, 3.63) is 108 Å². The number of benzene rings is 4. The van der Waals surface area contributed by atoms with E-state index in [0.717, 1.165) is 16.7 Å². The molecule has 0 aliphatic rings. The molecule has 0 saturated heterocycles. The maximum Gasteiger partial charge on any atom is 0.228 e. The first-order chi connectivity index (χ1) is 16.8. The average molecular weight is 506 g/mol. The standard InChI is InChI=1S/C28H24ClNO4S/c1-2-35(32,33)25-15-8-20(9-16-25)18-28(31)30-23-14-17-26(21-10-12-22(29)13-11-21)27(19-23)34-24-6-4-3-5-7-24/h3-17,19H,2,18H2,1H3,(H,30,31). The molecule has 0 radical (unpaired) electrons. The zero-order valence-corrected chi connectivity index (χ0v) is 20.6. The van der Waals surface area contributed by atoms with Crippen molar-refractivity contribution in [1.82, 2.24) is 0 Å². The number of ether oxygens (including phenoxy) is 1. The van der Waals surface area contributed by atoms with Crippen LogP contribution in [0.3, 0.4) is 0 Å². The molecule has 0 aromatic heterocycles. The molecule has 5 nitrogen and oxygen atoms in total. The molecule has 178 valence electrons. The molecule has 0 fully saturated rings. The molecule has 0 unspecified atom stereocenters. The van der Waals surface area contributed by atoms with Gasteiger partial charge in [-0.25, -0.2) is 8.42 Å². The smallest absolute Gasteiger partial charge is 0.228 e. The van der Waals surface area contributed by atoms with E-state index < -0.39 is 9.84 Å². The Kier molecular flexibility index (Phi) is 7.54. The zero-order chi connectivity index (χ0) is 24.8. The number of rotatable bonds is 8. The molecule has 35 heavy (non-hydrogen) atoms. The van der Waals surface area contributed by atoms with E-state index in [9.17, 15) is 13.2 Å². The molecule has 1 N–H and O–H groups in total. The van der Waals surface area contributed by atoms with Crippen LogP contribution in [0.1, 0.15) is 12.5 Å². The maximum absolute atomic E-state index is 12.7. The van der Waals surface area contributed by atoms with Gasteiger partial charge in [0.2, 0.25) is 5.91 Å². The Morgan fingerprint density at radius 2 is 1.57 bits per heavy atom. The molecule has 0 saturated carbocycles. The first-order valence-corrected chi connectivity index (χ1v) is 13.1. The Morgan fingerprint density at radius 3 is 2.23 bits per heavy atom. The highest BCUT2D eigenvalue weighted by Gasteiger charge is 2.13. The van der Waals surface area contributed by atoms with Crippen LogP contribution < -0.4 is 10.1 Å². The van der Waals surface area contributed by atoms with Gasteiger partial charge in [-0.2, -0.15) is 0 Å². The second-order valence-corrected chi connectivity index (χ2v) is 10.6. The van der Waals surface area contributed by atoms with Gasteiger partial charge in [-0.3, -0.25) is 4.79 Å². The fourth-order valence-electron chi connectivity index (χ4n) is 3.54. The van der Waals surface area contributed by atoms with Gasteiger partial charge in [0.25, 0.3) is 0 Å². The summed E-state index contributed by atoms with van der Waals surface area (Å²) in [6, 6.07) is 28.8. The monoisotopic (exact) mass is 505 g/mol. The molecule has 7 heteroatoms. The lowest BCUT2D eigenvalue weighted by atomic mass is 10.0. The second-order valence-electron chi connectivity index (χ2n) is 7.91. The quantitative estimate of drug-likeness (QED) is 0.286. The number of halogens is 1. The minimum atomic E-state index is -3.27. The maximum atomic E-state index is 12.7. The van der Waals surface area contributed by atoms with Crippen LogP contribution in [0.2, 0.25) is 5.02 Å². The average Bonchev–Trinajstić information content (AvgIpc) is 2.86. The van der Waals surface area contributed by atoms with Crippen LogP contribution in [0.5, 0.6) is 11.5 Å². The molecule has 0 heterocycles. The van der Waals surface area contributed by atoms with Gasteiger partial charge in [0.05, 0.1) is 17.1 Å². The van der Waals surface area contributed by atoms with E-state index in [1.165, 1.54) is 12.1 Å². The normalized spacial score (nSPS) is 11.1. The van der Waals surface area contributed by atoms with E-state index in [0.29, 0.717) is 22.2 Å². The Balaban J connectivity index is 1.55. The van der Waals surface area contributed by atoms with Crippen molar-refractivity contribution in [2.75, 3.05) is 11.1 Å². The molecule has 1 amide bonds. The van der Waals surface area contributed by atoms with Gasteiger partial charge in [-0.15, -0.1) is 0 Å². The van der Waals surface area contributed by atoms with Crippen molar-refractivity contribution < 1.29 is 17.9 Å². The summed E-state index contributed by atoms with van der Waals surface area (Å²) in [4.78, 5) is 13.0. The van der Waals surface area contributed by atoms with Gasteiger partial charge < -0.3 is 10.1 Å².